The van der Waals surface area contributed by atoms with Crippen molar-refractivity contribution in [1.82, 2.24) is 0 Å². The fourth-order valence-corrected chi connectivity index (χ4v) is 0. The minimum Gasteiger partial charge on any atom is -0.813 e. The Labute approximate surface area is 80.9 Å². The monoisotopic (exact) mass is 285 g/mol. The Kier molecular flexibility index (Phi) is 335. The van der Waals surface area contributed by atoms with Crippen LogP contribution in [0.4, 0.5) is 0 Å². The molecule has 0 aliphatic rings. The van der Waals surface area contributed by atoms with Crippen molar-refractivity contribution in [2.24, 2.45) is 0 Å². The van der Waals surface area contributed by atoms with E-state index in [-0.39, 0.29) is 81.8 Å². The van der Waals surface area contributed by atoms with Crippen molar-refractivity contribution in [3.05, 3.63) is 0 Å². The third-order valence-corrected chi connectivity index (χ3v) is 0. The Bertz CT molecular complexity index is 3.61. The zero-order valence-corrected chi connectivity index (χ0v) is 6.31. The van der Waals surface area contributed by atoms with Gasteiger partial charge in [-0.25, -0.2) is 0 Å². The smallest absolute Gasteiger partial charge is 0.813 e. The first kappa shape index (κ1) is 52.1. The maximum Gasteiger partial charge on any atom is 2.00 e. The molecule has 0 saturated heterocycles. The SMILES string of the molecule is [Cu+2].[Cu+].[Cu+].[Cu+].[SH-]. The summed E-state index contributed by atoms with van der Waals surface area (Å²) < 4.78 is 0. The Morgan fingerprint density at radius 1 is 0.600 bits per heavy atom. The summed E-state index contributed by atoms with van der Waals surface area (Å²) in [6, 6.07) is 0. The molecule has 0 fully saturated rings. The van der Waals surface area contributed by atoms with Crippen LogP contribution in [0.3, 0.4) is 0 Å². The average molecular weight is 287 g/mol. The fraction of sp³-hybridized carbons (Fsp3) is 0. The quantitative estimate of drug-likeness (QED) is 0.335. The second kappa shape index (κ2) is 32.1. The van der Waals surface area contributed by atoms with Crippen molar-refractivity contribution >= 4 is 13.5 Å². The summed E-state index contributed by atoms with van der Waals surface area (Å²) in [7, 11) is 0. The van der Waals surface area contributed by atoms with Crippen LogP contribution in [-0.2, 0) is 81.8 Å². The van der Waals surface area contributed by atoms with E-state index in [1.54, 1.807) is 0 Å². The van der Waals surface area contributed by atoms with E-state index in [0.29, 0.717) is 0 Å². The minimum atomic E-state index is 0. The third-order valence-electron chi connectivity index (χ3n) is 0. The predicted octanol–water partition coefficient (Wildman–Crippen LogP) is -0.280. The summed E-state index contributed by atoms with van der Waals surface area (Å²) in [6.07, 6.45) is 0. The van der Waals surface area contributed by atoms with Crippen molar-refractivity contribution in [1.29, 1.82) is 0 Å². The van der Waals surface area contributed by atoms with Crippen LogP contribution >= 0.6 is 0 Å². The Balaban J connectivity index is 0. The van der Waals surface area contributed by atoms with Crippen molar-refractivity contribution in [2.45, 2.75) is 0 Å². The molecular weight excluding hydrogens is 286 g/mol. The van der Waals surface area contributed by atoms with Crippen LogP contribution in [0.25, 0.3) is 0 Å². The van der Waals surface area contributed by atoms with Crippen LogP contribution in [0, 0.1) is 0 Å². The van der Waals surface area contributed by atoms with Gasteiger partial charge >= 0.3 is 68.3 Å². The summed E-state index contributed by atoms with van der Waals surface area (Å²) in [6.45, 7) is 0. The zero-order chi connectivity index (χ0) is 0. The van der Waals surface area contributed by atoms with Gasteiger partial charge < -0.3 is 13.5 Å². The molecule has 0 unspecified atom stereocenters. The average Bonchev–Trinajstić information content (AvgIpc) is 0. The van der Waals surface area contributed by atoms with Crippen LogP contribution < -0.4 is 0 Å². The second-order valence-electron chi connectivity index (χ2n) is 0. The zero-order valence-electron chi connectivity index (χ0n) is 1.65. The van der Waals surface area contributed by atoms with Crippen LogP contribution in [0.2, 0.25) is 0 Å². The molecule has 0 aromatic heterocycles. The summed E-state index contributed by atoms with van der Waals surface area (Å²) in [5, 5.41) is 0. The van der Waals surface area contributed by atoms with Gasteiger partial charge in [-0.1, -0.05) is 0 Å². The van der Waals surface area contributed by atoms with Gasteiger partial charge in [0.25, 0.3) is 0 Å². The molecule has 0 aromatic carbocycles. The molecule has 0 rings (SSSR count). The first-order valence-electron chi connectivity index (χ1n) is 0. The van der Waals surface area contributed by atoms with Crippen LogP contribution in [0.5, 0.6) is 0 Å². The van der Waals surface area contributed by atoms with Crippen molar-refractivity contribution < 1.29 is 68.3 Å². The van der Waals surface area contributed by atoms with Crippen molar-refractivity contribution in [3.8, 4) is 0 Å². The molecule has 0 heterocycles. The molecule has 0 aromatic rings. The first-order valence-corrected chi connectivity index (χ1v) is 0. The molecule has 47 valence electrons. The molecule has 5 heteroatoms. The van der Waals surface area contributed by atoms with E-state index >= 15 is 0 Å². The molecule has 0 N–H and O–H groups in total. The van der Waals surface area contributed by atoms with Crippen LogP contribution in [-0.4, -0.2) is 0 Å². The summed E-state index contributed by atoms with van der Waals surface area (Å²) >= 11 is 0. The van der Waals surface area contributed by atoms with Gasteiger partial charge in [-0.15, -0.1) is 0 Å². The molecule has 0 nitrogen and oxygen atoms in total. The van der Waals surface area contributed by atoms with E-state index in [9.17, 15) is 0 Å². The van der Waals surface area contributed by atoms with Gasteiger partial charge in [0.1, 0.15) is 0 Å². The molecule has 0 bridgehead atoms. The number of hydrogen-bond donors (Lipinski definition) is 0. The molecule has 0 atom stereocenters. The van der Waals surface area contributed by atoms with E-state index in [1.165, 1.54) is 0 Å². The van der Waals surface area contributed by atoms with E-state index in [1.807, 2.05) is 0 Å². The Hall–Kier alpha value is 2.43. The van der Waals surface area contributed by atoms with E-state index < -0.39 is 0 Å². The van der Waals surface area contributed by atoms with Gasteiger partial charge in [0, 0.05) is 0 Å². The molecular formula is HCu4S+4. The maximum absolute atomic E-state index is 0. The Morgan fingerprint density at radius 2 is 0.600 bits per heavy atom. The van der Waals surface area contributed by atoms with Gasteiger partial charge in [-0.3, -0.25) is 0 Å². The fourth-order valence-electron chi connectivity index (χ4n) is 0. The van der Waals surface area contributed by atoms with Gasteiger partial charge in [-0.2, -0.15) is 0 Å². The third kappa shape index (κ3) is 21.4. The summed E-state index contributed by atoms with van der Waals surface area (Å²) in [5.74, 6) is 0. The van der Waals surface area contributed by atoms with Crippen molar-refractivity contribution in [3.63, 3.8) is 0 Å². The van der Waals surface area contributed by atoms with Gasteiger partial charge in [0.2, 0.25) is 0 Å². The van der Waals surface area contributed by atoms with E-state index in [4.69, 9.17) is 0 Å². The van der Waals surface area contributed by atoms with E-state index in [2.05, 4.69) is 0 Å². The normalized spacial score (nSPS) is 0. The van der Waals surface area contributed by atoms with Gasteiger partial charge in [0.05, 0.1) is 0 Å². The van der Waals surface area contributed by atoms with Gasteiger partial charge in [0.15, 0.2) is 0 Å². The minimum absolute atomic E-state index is 0. The molecule has 0 aliphatic carbocycles. The summed E-state index contributed by atoms with van der Waals surface area (Å²) in [4.78, 5) is 0. The number of thiol groups is 1. The number of rotatable bonds is 0. The summed E-state index contributed by atoms with van der Waals surface area (Å²) in [5.41, 5.74) is 0. The Morgan fingerprint density at radius 3 is 0.600 bits per heavy atom. The standard InChI is InChI=1S/4Cu.H2S/h;;;;1H2/q3*+1;+2;/p-1. The van der Waals surface area contributed by atoms with E-state index in [0.717, 1.165) is 0 Å². The van der Waals surface area contributed by atoms with Gasteiger partial charge in [-0.05, 0) is 0 Å². The molecule has 0 saturated carbocycles. The molecule has 0 spiro atoms. The molecule has 5 heavy (non-hydrogen) atoms. The topological polar surface area (TPSA) is 0 Å². The van der Waals surface area contributed by atoms with Crippen LogP contribution in [0.15, 0.2) is 0 Å². The second-order valence-corrected chi connectivity index (χ2v) is 0. The molecule has 0 aliphatic heterocycles. The van der Waals surface area contributed by atoms with Crippen LogP contribution in [0.1, 0.15) is 0 Å². The first-order chi connectivity index (χ1) is 0. The number of hydrogen-bond acceptors (Lipinski definition) is 1. The molecule has 1 radical (unpaired) electrons. The molecule has 0 amide bonds. The van der Waals surface area contributed by atoms with Crippen molar-refractivity contribution in [2.75, 3.05) is 0 Å². The maximum atomic E-state index is 0. The largest absolute Gasteiger partial charge is 2.00 e. The predicted molar refractivity (Wildman–Crippen MR) is 8.76 cm³/mol.